The van der Waals surface area contributed by atoms with E-state index in [1.807, 2.05) is 42.5 Å². The van der Waals surface area contributed by atoms with Crippen molar-refractivity contribution in [3.05, 3.63) is 60.2 Å². The van der Waals surface area contributed by atoms with E-state index in [1.54, 1.807) is 31.1 Å². The number of ether oxygens (including phenoxy) is 2. The molecule has 0 aliphatic heterocycles. The van der Waals surface area contributed by atoms with Crippen LogP contribution in [0.5, 0.6) is 11.5 Å². The lowest BCUT2D eigenvalue weighted by molar-refractivity contribution is -0.142. The molecule has 2 aromatic carbocycles. The van der Waals surface area contributed by atoms with Gasteiger partial charge in [-0.15, -0.1) is 0 Å². The predicted octanol–water partition coefficient (Wildman–Crippen LogP) is 3.41. The molecule has 1 atom stereocenters. The third-order valence-electron chi connectivity index (χ3n) is 4.61. The van der Waals surface area contributed by atoms with Gasteiger partial charge in [-0.2, -0.15) is 0 Å². The zero-order valence-corrected chi connectivity index (χ0v) is 17.4. The Kier molecular flexibility index (Phi) is 9.02. The first kappa shape index (κ1) is 22.3. The third kappa shape index (κ3) is 7.14. The highest BCUT2D eigenvalue weighted by Crippen LogP contribution is 2.16. The highest BCUT2D eigenvalue weighted by atomic mass is 16.5. The van der Waals surface area contributed by atoms with Crippen LogP contribution < -0.4 is 14.8 Å². The Balaban J connectivity index is 2.09. The first-order chi connectivity index (χ1) is 14.0. The van der Waals surface area contributed by atoms with E-state index in [9.17, 15) is 9.59 Å². The highest BCUT2D eigenvalue weighted by molar-refractivity contribution is 5.87. The van der Waals surface area contributed by atoms with E-state index in [4.69, 9.17) is 9.47 Å². The van der Waals surface area contributed by atoms with Crippen molar-refractivity contribution in [2.75, 3.05) is 20.3 Å². The minimum absolute atomic E-state index is 0.132. The van der Waals surface area contributed by atoms with E-state index in [-0.39, 0.29) is 18.4 Å². The molecule has 29 heavy (non-hydrogen) atoms. The van der Waals surface area contributed by atoms with Crippen molar-refractivity contribution in [3.8, 4) is 11.5 Å². The minimum atomic E-state index is -0.610. The molecule has 2 amide bonds. The second-order valence-electron chi connectivity index (χ2n) is 6.79. The fraction of sp³-hybridized carbons (Fsp3) is 0.391. The van der Waals surface area contributed by atoms with Crippen LogP contribution in [0, 0.1) is 0 Å². The van der Waals surface area contributed by atoms with Crippen molar-refractivity contribution in [3.63, 3.8) is 0 Å². The summed E-state index contributed by atoms with van der Waals surface area (Å²) >= 11 is 0. The first-order valence-electron chi connectivity index (χ1n) is 9.93. The molecule has 0 aliphatic rings. The Hall–Kier alpha value is -3.02. The van der Waals surface area contributed by atoms with Gasteiger partial charge in [-0.3, -0.25) is 9.59 Å². The summed E-state index contributed by atoms with van der Waals surface area (Å²) in [6, 6.07) is 16.0. The number of nitrogens with zero attached hydrogens (tertiary/aromatic N) is 1. The number of para-hydroxylation sites is 1. The van der Waals surface area contributed by atoms with Crippen molar-refractivity contribution < 1.29 is 19.1 Å². The maximum absolute atomic E-state index is 12.9. The molecule has 1 unspecified atom stereocenters. The van der Waals surface area contributed by atoms with Crippen LogP contribution in [0.15, 0.2) is 54.6 Å². The molecule has 0 radical (unpaired) electrons. The van der Waals surface area contributed by atoms with Crippen LogP contribution in [-0.2, 0) is 16.1 Å². The van der Waals surface area contributed by atoms with Gasteiger partial charge in [-0.1, -0.05) is 43.7 Å². The van der Waals surface area contributed by atoms with E-state index in [2.05, 4.69) is 12.2 Å². The number of rotatable bonds is 11. The number of unbranched alkanes of at least 4 members (excludes halogenated alkanes) is 1. The monoisotopic (exact) mass is 398 g/mol. The van der Waals surface area contributed by atoms with Gasteiger partial charge in [0.15, 0.2) is 6.61 Å². The van der Waals surface area contributed by atoms with Crippen molar-refractivity contribution >= 4 is 11.8 Å². The van der Waals surface area contributed by atoms with Gasteiger partial charge in [0, 0.05) is 13.1 Å². The molecule has 2 aromatic rings. The highest BCUT2D eigenvalue weighted by Gasteiger charge is 2.26. The number of nitrogens with one attached hydrogen (secondary N) is 1. The third-order valence-corrected chi connectivity index (χ3v) is 4.61. The lowest BCUT2D eigenvalue weighted by atomic mass is 10.1. The second-order valence-corrected chi connectivity index (χ2v) is 6.79. The SMILES string of the molecule is CCCCNC(=O)C(C)N(Cc1ccc(OC)cc1)C(=O)COc1ccccc1. The lowest BCUT2D eigenvalue weighted by Crippen LogP contribution is -2.49. The largest absolute Gasteiger partial charge is 0.497 e. The number of carbonyl (C=O) groups excluding carboxylic acids is 2. The van der Waals surface area contributed by atoms with Gasteiger partial charge < -0.3 is 19.7 Å². The molecular weight excluding hydrogens is 368 g/mol. The Labute approximate surface area is 172 Å². The molecule has 0 aliphatic carbocycles. The van der Waals surface area contributed by atoms with E-state index >= 15 is 0 Å². The minimum Gasteiger partial charge on any atom is -0.497 e. The first-order valence-corrected chi connectivity index (χ1v) is 9.93. The molecule has 1 N–H and O–H groups in total. The Bertz CT molecular complexity index is 762. The Morgan fingerprint density at radius 3 is 2.34 bits per heavy atom. The van der Waals surface area contributed by atoms with Crippen molar-refractivity contribution in [1.82, 2.24) is 10.2 Å². The maximum atomic E-state index is 12.9. The molecule has 6 nitrogen and oxygen atoms in total. The number of benzene rings is 2. The Morgan fingerprint density at radius 1 is 1.03 bits per heavy atom. The number of methoxy groups -OCH3 is 1. The standard InChI is InChI=1S/C23H30N2O4/c1-4-5-15-24-23(27)18(2)25(16-19-11-13-20(28-3)14-12-19)22(26)17-29-21-9-7-6-8-10-21/h6-14,18H,4-5,15-17H2,1-3H3,(H,24,27). The van der Waals surface area contributed by atoms with Crippen LogP contribution in [-0.4, -0.2) is 43.0 Å². The van der Waals surface area contributed by atoms with Gasteiger partial charge in [0.25, 0.3) is 5.91 Å². The van der Waals surface area contributed by atoms with E-state index in [0.29, 0.717) is 18.8 Å². The zero-order chi connectivity index (χ0) is 21.1. The summed E-state index contributed by atoms with van der Waals surface area (Å²) in [5.74, 6) is 0.942. The van der Waals surface area contributed by atoms with E-state index in [1.165, 1.54) is 0 Å². The molecule has 2 rings (SSSR count). The van der Waals surface area contributed by atoms with Gasteiger partial charge in [0.05, 0.1) is 7.11 Å². The molecule has 156 valence electrons. The molecule has 0 bridgehead atoms. The quantitative estimate of drug-likeness (QED) is 0.589. The fourth-order valence-electron chi connectivity index (χ4n) is 2.79. The number of carbonyl (C=O) groups is 2. The number of hydrogen-bond donors (Lipinski definition) is 1. The molecule has 6 heteroatoms. The second kappa shape index (κ2) is 11.7. The molecule has 0 fully saturated rings. The van der Waals surface area contributed by atoms with Gasteiger partial charge in [0.1, 0.15) is 17.5 Å². The van der Waals surface area contributed by atoms with Crippen LogP contribution >= 0.6 is 0 Å². The number of amides is 2. The summed E-state index contributed by atoms with van der Waals surface area (Å²) in [5.41, 5.74) is 0.909. The van der Waals surface area contributed by atoms with Crippen molar-refractivity contribution in [2.24, 2.45) is 0 Å². The smallest absolute Gasteiger partial charge is 0.261 e. The molecule has 0 saturated carbocycles. The molecule has 0 heterocycles. The summed E-state index contributed by atoms with van der Waals surface area (Å²) in [4.78, 5) is 27.0. The summed E-state index contributed by atoms with van der Waals surface area (Å²) < 4.78 is 10.8. The van der Waals surface area contributed by atoms with Crippen molar-refractivity contribution in [2.45, 2.75) is 39.3 Å². The molecule has 0 aromatic heterocycles. The van der Waals surface area contributed by atoms with Crippen molar-refractivity contribution in [1.29, 1.82) is 0 Å². The van der Waals surface area contributed by atoms with Gasteiger partial charge in [0.2, 0.25) is 5.91 Å². The number of hydrogen-bond acceptors (Lipinski definition) is 4. The van der Waals surface area contributed by atoms with Crippen LogP contribution in [0.25, 0.3) is 0 Å². The Morgan fingerprint density at radius 2 is 1.72 bits per heavy atom. The molecule has 0 spiro atoms. The predicted molar refractivity (Wildman–Crippen MR) is 113 cm³/mol. The van der Waals surface area contributed by atoms with E-state index in [0.717, 1.165) is 24.2 Å². The van der Waals surface area contributed by atoms with Crippen LogP contribution in [0.3, 0.4) is 0 Å². The normalized spacial score (nSPS) is 11.4. The lowest BCUT2D eigenvalue weighted by Gasteiger charge is -2.28. The zero-order valence-electron chi connectivity index (χ0n) is 17.4. The average molecular weight is 399 g/mol. The fourth-order valence-corrected chi connectivity index (χ4v) is 2.79. The van der Waals surface area contributed by atoms with Crippen LogP contribution in [0.1, 0.15) is 32.3 Å². The summed E-state index contributed by atoms with van der Waals surface area (Å²) in [7, 11) is 1.61. The van der Waals surface area contributed by atoms with Gasteiger partial charge in [-0.25, -0.2) is 0 Å². The molecular formula is C23H30N2O4. The summed E-state index contributed by atoms with van der Waals surface area (Å²) in [6.07, 6.45) is 1.90. The van der Waals surface area contributed by atoms with Crippen LogP contribution in [0.2, 0.25) is 0 Å². The summed E-state index contributed by atoms with van der Waals surface area (Å²) in [6.45, 7) is 4.59. The van der Waals surface area contributed by atoms with Gasteiger partial charge in [-0.05, 0) is 43.2 Å². The molecule has 0 saturated heterocycles. The topological polar surface area (TPSA) is 67.9 Å². The van der Waals surface area contributed by atoms with Crippen LogP contribution in [0.4, 0.5) is 0 Å². The van der Waals surface area contributed by atoms with E-state index < -0.39 is 6.04 Å². The van der Waals surface area contributed by atoms with Gasteiger partial charge >= 0.3 is 0 Å². The average Bonchev–Trinajstić information content (AvgIpc) is 2.76. The maximum Gasteiger partial charge on any atom is 0.261 e. The summed E-state index contributed by atoms with van der Waals surface area (Å²) in [5, 5.41) is 2.90.